The van der Waals surface area contributed by atoms with Gasteiger partial charge in [-0.1, -0.05) is 42.9 Å². The Hall–Kier alpha value is -1.33. The molecule has 1 saturated carbocycles. The van der Waals surface area contributed by atoms with E-state index in [1.54, 1.807) is 5.54 Å². The van der Waals surface area contributed by atoms with Crippen molar-refractivity contribution < 1.29 is 8.78 Å². The van der Waals surface area contributed by atoms with E-state index < -0.39 is 11.6 Å². The van der Waals surface area contributed by atoms with E-state index in [1.165, 1.54) is 12.1 Å². The van der Waals surface area contributed by atoms with Crippen LogP contribution in [0.1, 0.15) is 56.6 Å². The summed E-state index contributed by atoms with van der Waals surface area (Å²) in [5.41, 5.74) is 2.19. The minimum atomic E-state index is -0.539. The second-order valence-corrected chi connectivity index (χ2v) is 6.49. The molecule has 0 unspecified atom stereocenters. The van der Waals surface area contributed by atoms with Crippen molar-refractivity contribution in [1.82, 2.24) is 0 Å². The Morgan fingerprint density at radius 3 is 2.39 bits per heavy atom. The Morgan fingerprint density at radius 1 is 1.17 bits per heavy atom. The first-order chi connectivity index (χ1) is 11.1. The van der Waals surface area contributed by atoms with Gasteiger partial charge in [0.25, 0.3) is 0 Å². The minimum Gasteiger partial charge on any atom is -0.206 e. The molecule has 0 atom stereocenters. The quantitative estimate of drug-likeness (QED) is 0.573. The van der Waals surface area contributed by atoms with Crippen LogP contribution in [0, 0.1) is 35.3 Å². The van der Waals surface area contributed by atoms with Crippen LogP contribution >= 0.6 is 11.6 Å². The zero-order valence-corrected chi connectivity index (χ0v) is 14.3. The van der Waals surface area contributed by atoms with Gasteiger partial charge >= 0.3 is 0 Å². The molecule has 0 radical (unpaired) electrons. The Kier molecular flexibility index (Phi) is 7.12. The van der Waals surface area contributed by atoms with Crippen LogP contribution in [0.2, 0.25) is 0 Å². The van der Waals surface area contributed by atoms with Gasteiger partial charge in [-0.2, -0.15) is 0 Å². The fourth-order valence-electron chi connectivity index (χ4n) is 3.00. The lowest BCUT2D eigenvalue weighted by Gasteiger charge is -2.22. The molecule has 0 bridgehead atoms. The van der Waals surface area contributed by atoms with Crippen LogP contribution in [0.25, 0.3) is 0 Å². The molecule has 0 amide bonds. The molecule has 0 heterocycles. The van der Waals surface area contributed by atoms with Gasteiger partial charge in [0.05, 0.1) is 5.56 Å². The van der Waals surface area contributed by atoms with Crippen molar-refractivity contribution in [2.24, 2.45) is 11.8 Å². The third kappa shape index (κ3) is 5.36. The zero-order valence-electron chi connectivity index (χ0n) is 13.5. The molecule has 0 N–H and O–H groups in total. The Balaban J connectivity index is 2.04. The molecule has 1 aliphatic carbocycles. The predicted molar refractivity (Wildman–Crippen MR) is 92.3 cm³/mol. The van der Waals surface area contributed by atoms with Crippen molar-refractivity contribution in [2.45, 2.75) is 51.9 Å². The van der Waals surface area contributed by atoms with Crippen molar-refractivity contribution in [2.75, 3.05) is 0 Å². The van der Waals surface area contributed by atoms with Crippen LogP contribution in [0.5, 0.6) is 0 Å². The van der Waals surface area contributed by atoms with E-state index in [2.05, 4.69) is 18.8 Å². The van der Waals surface area contributed by atoms with E-state index in [-0.39, 0.29) is 11.5 Å². The lowest BCUT2D eigenvalue weighted by molar-refractivity contribution is 0.365. The van der Waals surface area contributed by atoms with Gasteiger partial charge in [0.2, 0.25) is 0 Å². The summed E-state index contributed by atoms with van der Waals surface area (Å²) < 4.78 is 28.2. The number of halogens is 3. The topological polar surface area (TPSA) is 0 Å². The Labute approximate surface area is 142 Å². The molecule has 1 aromatic carbocycles. The van der Waals surface area contributed by atoms with Crippen LogP contribution in [0.3, 0.4) is 0 Å². The number of allylic oxidation sites excluding steroid dienone is 1. The normalized spacial score (nSPS) is 21.2. The van der Waals surface area contributed by atoms with Gasteiger partial charge in [0, 0.05) is 11.5 Å². The van der Waals surface area contributed by atoms with Gasteiger partial charge in [-0.15, -0.1) is 0 Å². The van der Waals surface area contributed by atoms with Gasteiger partial charge in [-0.25, -0.2) is 8.78 Å². The number of rotatable bonds is 4. The molecule has 2 rings (SSSR count). The van der Waals surface area contributed by atoms with Crippen molar-refractivity contribution in [3.8, 4) is 11.8 Å². The number of unbranched alkanes of at least 4 members (excludes halogenated alkanes) is 1. The molecule has 1 aliphatic rings. The molecule has 3 heteroatoms. The highest BCUT2D eigenvalue weighted by atomic mass is 35.5. The van der Waals surface area contributed by atoms with E-state index >= 15 is 0 Å². The third-order valence-corrected chi connectivity index (χ3v) is 4.58. The smallest absolute Gasteiger partial charge is 0.142 e. The molecular weight excluding hydrogens is 314 g/mol. The van der Waals surface area contributed by atoms with E-state index in [1.807, 2.05) is 6.08 Å². The fraction of sp³-hybridized carbons (Fsp3) is 0.500. The van der Waals surface area contributed by atoms with E-state index in [0.717, 1.165) is 38.5 Å². The first kappa shape index (κ1) is 18.0. The monoisotopic (exact) mass is 336 g/mol. The van der Waals surface area contributed by atoms with Gasteiger partial charge < -0.3 is 0 Å². The lowest BCUT2D eigenvalue weighted by atomic mass is 9.82. The third-order valence-electron chi connectivity index (χ3n) is 4.44. The number of aryl methyl sites for hydroxylation is 1. The molecule has 0 saturated heterocycles. The summed E-state index contributed by atoms with van der Waals surface area (Å²) >= 11 is 5.60. The van der Waals surface area contributed by atoms with Crippen LogP contribution in [-0.4, -0.2) is 0 Å². The summed E-state index contributed by atoms with van der Waals surface area (Å²) in [5.74, 6) is 5.44. The summed E-state index contributed by atoms with van der Waals surface area (Å²) in [6.45, 7) is 2.06. The lowest BCUT2D eigenvalue weighted by Crippen LogP contribution is -2.11. The van der Waals surface area contributed by atoms with Gasteiger partial charge in [0.15, 0.2) is 0 Å². The predicted octanol–water partition coefficient (Wildman–Crippen LogP) is 6.22. The molecule has 0 nitrogen and oxygen atoms in total. The highest BCUT2D eigenvalue weighted by molar-refractivity contribution is 6.25. The van der Waals surface area contributed by atoms with Crippen LogP contribution in [-0.2, 0) is 6.42 Å². The van der Waals surface area contributed by atoms with Crippen LogP contribution in [0.4, 0.5) is 8.78 Å². The number of hydrogen-bond acceptors (Lipinski definition) is 0. The maximum Gasteiger partial charge on any atom is 0.142 e. The molecule has 1 aromatic rings. The highest BCUT2D eigenvalue weighted by Crippen LogP contribution is 2.29. The second kappa shape index (κ2) is 9.08. The molecule has 23 heavy (non-hydrogen) atoms. The number of hydrogen-bond donors (Lipinski definition) is 0. The fourth-order valence-corrected chi connectivity index (χ4v) is 3.21. The largest absolute Gasteiger partial charge is 0.206 e. The molecule has 124 valence electrons. The first-order valence-corrected chi connectivity index (χ1v) is 8.84. The maximum atomic E-state index is 14.1. The maximum absolute atomic E-state index is 14.1. The standard InChI is InChI=1S/C20H23ClF2/c1-2-3-4-17-13-19(22)18(20(23)14-17)10-9-15-5-7-16(8-6-15)11-12-21/h11-16H,2-8H2,1H3/b12-11+. The highest BCUT2D eigenvalue weighted by Gasteiger charge is 2.18. The second-order valence-electron chi connectivity index (χ2n) is 6.24. The molecule has 1 fully saturated rings. The van der Waals surface area contributed by atoms with Gasteiger partial charge in [0.1, 0.15) is 11.6 Å². The van der Waals surface area contributed by atoms with E-state index in [0.29, 0.717) is 17.9 Å². The summed E-state index contributed by atoms with van der Waals surface area (Å²) in [6.07, 6.45) is 8.63. The molecule has 0 aromatic heterocycles. The van der Waals surface area contributed by atoms with Crippen molar-refractivity contribution >= 4 is 11.6 Å². The summed E-state index contributed by atoms with van der Waals surface area (Å²) in [6, 6.07) is 2.84. The van der Waals surface area contributed by atoms with Crippen molar-refractivity contribution in [3.05, 3.63) is 46.5 Å². The average Bonchev–Trinajstić information content (AvgIpc) is 2.54. The zero-order chi connectivity index (χ0) is 16.7. The van der Waals surface area contributed by atoms with Gasteiger partial charge in [-0.3, -0.25) is 0 Å². The van der Waals surface area contributed by atoms with E-state index in [9.17, 15) is 8.78 Å². The Morgan fingerprint density at radius 2 is 1.83 bits per heavy atom. The van der Waals surface area contributed by atoms with E-state index in [4.69, 9.17) is 11.6 Å². The van der Waals surface area contributed by atoms with Crippen LogP contribution < -0.4 is 0 Å². The first-order valence-electron chi connectivity index (χ1n) is 8.40. The summed E-state index contributed by atoms with van der Waals surface area (Å²) in [7, 11) is 0. The van der Waals surface area contributed by atoms with Crippen molar-refractivity contribution in [1.29, 1.82) is 0 Å². The summed E-state index contributed by atoms with van der Waals surface area (Å²) in [5, 5.41) is 0. The number of benzene rings is 1. The van der Waals surface area contributed by atoms with Crippen LogP contribution in [0.15, 0.2) is 23.7 Å². The average molecular weight is 337 g/mol. The van der Waals surface area contributed by atoms with Gasteiger partial charge in [-0.05, 0) is 62.1 Å². The molecular formula is C20H23ClF2. The summed E-state index contributed by atoms with van der Waals surface area (Å²) in [4.78, 5) is 0. The van der Waals surface area contributed by atoms with Crippen molar-refractivity contribution in [3.63, 3.8) is 0 Å². The Bertz CT molecular complexity index is 579. The molecule has 0 aliphatic heterocycles. The molecule has 0 spiro atoms. The minimum absolute atomic E-state index is 0.0898. The SMILES string of the molecule is CCCCc1cc(F)c(C#CC2CCC(/C=C/Cl)CC2)c(F)c1.